The summed E-state index contributed by atoms with van der Waals surface area (Å²) in [6.45, 7) is 7.67. The lowest BCUT2D eigenvalue weighted by molar-refractivity contribution is 0.406. The van der Waals surface area contributed by atoms with Gasteiger partial charge in [-0.15, -0.1) is 0 Å². The maximum absolute atomic E-state index is 6.90. The molecule has 1 aliphatic heterocycles. The lowest BCUT2D eigenvalue weighted by atomic mass is 10.1. The number of epoxide rings is 1. The Balaban J connectivity index is 2.38. The second-order valence-electron chi connectivity index (χ2n) is 2.87. The van der Waals surface area contributed by atoms with Crippen molar-refractivity contribution >= 4 is 5.69 Å². The average Bonchev–Trinajstić information content (AvgIpc) is 3.00. The zero-order valence-corrected chi connectivity index (χ0v) is 7.28. The zero-order chi connectivity index (χ0) is 9.26. The second-order valence-corrected chi connectivity index (χ2v) is 2.87. The standard InChI is InChI=1S/C10H9NO2/c1-11-8-4-3-7(10-6-13-10)5-9(8)12-2/h3-5,10H,6H2,2H3. The highest BCUT2D eigenvalue weighted by molar-refractivity contribution is 5.59. The smallest absolute Gasteiger partial charge is 0.228 e. The summed E-state index contributed by atoms with van der Waals surface area (Å²) in [6, 6.07) is 5.54. The molecule has 0 saturated carbocycles. The third-order valence-electron chi connectivity index (χ3n) is 2.03. The summed E-state index contributed by atoms with van der Waals surface area (Å²) in [5.74, 6) is 0.628. The van der Waals surface area contributed by atoms with Crippen molar-refractivity contribution in [1.82, 2.24) is 0 Å². The lowest BCUT2D eigenvalue weighted by Crippen LogP contribution is -1.86. The van der Waals surface area contributed by atoms with Crippen LogP contribution in [0.25, 0.3) is 4.85 Å². The first-order chi connectivity index (χ1) is 6.35. The van der Waals surface area contributed by atoms with Gasteiger partial charge in [0.15, 0.2) is 0 Å². The van der Waals surface area contributed by atoms with Gasteiger partial charge in [-0.3, -0.25) is 0 Å². The molecule has 0 bridgehead atoms. The van der Waals surface area contributed by atoms with Crippen LogP contribution >= 0.6 is 0 Å². The Morgan fingerprint density at radius 2 is 2.38 bits per heavy atom. The van der Waals surface area contributed by atoms with Crippen LogP contribution in [-0.4, -0.2) is 13.7 Å². The van der Waals surface area contributed by atoms with Crippen molar-refractivity contribution in [3.05, 3.63) is 35.2 Å². The highest BCUT2D eigenvalue weighted by Crippen LogP contribution is 2.36. The van der Waals surface area contributed by atoms with Gasteiger partial charge in [0.1, 0.15) is 11.9 Å². The predicted octanol–water partition coefficient (Wildman–Crippen LogP) is 2.32. The molecule has 13 heavy (non-hydrogen) atoms. The number of ether oxygens (including phenoxy) is 2. The molecule has 0 radical (unpaired) electrons. The molecule has 1 heterocycles. The minimum Gasteiger partial charge on any atom is -0.508 e. The van der Waals surface area contributed by atoms with Crippen LogP contribution in [0.1, 0.15) is 11.7 Å². The fourth-order valence-corrected chi connectivity index (χ4v) is 1.23. The summed E-state index contributed by atoms with van der Waals surface area (Å²) in [4.78, 5) is 3.35. The Kier molecular flexibility index (Phi) is 1.91. The van der Waals surface area contributed by atoms with Gasteiger partial charge in [-0.05, 0) is 11.6 Å². The molecule has 3 nitrogen and oxygen atoms in total. The normalized spacial score (nSPS) is 19.2. The van der Waals surface area contributed by atoms with Crippen LogP contribution in [0.2, 0.25) is 0 Å². The zero-order valence-electron chi connectivity index (χ0n) is 7.28. The van der Waals surface area contributed by atoms with Crippen LogP contribution in [0, 0.1) is 6.57 Å². The molecule has 1 aromatic carbocycles. The molecule has 1 unspecified atom stereocenters. The van der Waals surface area contributed by atoms with Crippen LogP contribution in [0.3, 0.4) is 0 Å². The van der Waals surface area contributed by atoms with Crippen molar-refractivity contribution < 1.29 is 9.47 Å². The lowest BCUT2D eigenvalue weighted by Gasteiger charge is -2.03. The SMILES string of the molecule is [C-]#[N+]c1ccc(C2CO2)cc1OC. The minimum atomic E-state index is 0.216. The molecule has 0 aromatic heterocycles. The van der Waals surface area contributed by atoms with E-state index in [4.69, 9.17) is 16.0 Å². The Morgan fingerprint density at radius 1 is 1.62 bits per heavy atom. The van der Waals surface area contributed by atoms with Gasteiger partial charge in [-0.1, -0.05) is 12.1 Å². The fourth-order valence-electron chi connectivity index (χ4n) is 1.23. The number of methoxy groups -OCH3 is 1. The number of hydrogen-bond acceptors (Lipinski definition) is 2. The molecule has 66 valence electrons. The van der Waals surface area contributed by atoms with Gasteiger partial charge in [-0.25, -0.2) is 4.85 Å². The van der Waals surface area contributed by atoms with Crippen LogP contribution in [0.15, 0.2) is 18.2 Å². The Labute approximate surface area is 76.7 Å². The van der Waals surface area contributed by atoms with E-state index in [9.17, 15) is 0 Å². The molecular weight excluding hydrogens is 166 g/mol. The van der Waals surface area contributed by atoms with E-state index in [2.05, 4.69) is 4.85 Å². The Bertz CT molecular complexity index is 364. The van der Waals surface area contributed by atoms with E-state index in [1.54, 1.807) is 13.2 Å². The van der Waals surface area contributed by atoms with E-state index in [1.807, 2.05) is 12.1 Å². The van der Waals surface area contributed by atoms with Gasteiger partial charge in [-0.2, -0.15) is 0 Å². The van der Waals surface area contributed by atoms with Crippen molar-refractivity contribution in [3.63, 3.8) is 0 Å². The van der Waals surface area contributed by atoms with E-state index in [0.29, 0.717) is 11.4 Å². The van der Waals surface area contributed by atoms with Crippen LogP contribution < -0.4 is 4.74 Å². The van der Waals surface area contributed by atoms with E-state index in [0.717, 1.165) is 12.2 Å². The third-order valence-corrected chi connectivity index (χ3v) is 2.03. The average molecular weight is 175 g/mol. The summed E-state index contributed by atoms with van der Waals surface area (Å²) >= 11 is 0. The molecule has 0 N–H and O–H groups in total. The maximum Gasteiger partial charge on any atom is 0.228 e. The first-order valence-electron chi connectivity index (χ1n) is 4.02. The van der Waals surface area contributed by atoms with Gasteiger partial charge in [0.2, 0.25) is 5.69 Å². The number of benzene rings is 1. The monoisotopic (exact) mass is 175 g/mol. The quantitative estimate of drug-likeness (QED) is 0.509. The van der Waals surface area contributed by atoms with Crippen LogP contribution in [0.4, 0.5) is 5.69 Å². The first-order valence-corrected chi connectivity index (χ1v) is 4.02. The first kappa shape index (κ1) is 8.09. The topological polar surface area (TPSA) is 26.1 Å². The number of hydrogen-bond donors (Lipinski definition) is 0. The summed E-state index contributed by atoms with van der Waals surface area (Å²) in [6.07, 6.45) is 0.216. The fraction of sp³-hybridized carbons (Fsp3) is 0.300. The third kappa shape index (κ3) is 1.49. The van der Waals surface area contributed by atoms with E-state index >= 15 is 0 Å². The Morgan fingerprint density at radius 3 is 2.92 bits per heavy atom. The summed E-state index contributed by atoms with van der Waals surface area (Å²) in [7, 11) is 1.57. The Hall–Kier alpha value is -1.53. The van der Waals surface area contributed by atoms with Crippen molar-refractivity contribution in [2.75, 3.05) is 13.7 Å². The van der Waals surface area contributed by atoms with Crippen molar-refractivity contribution in [1.29, 1.82) is 0 Å². The summed E-state index contributed by atoms with van der Waals surface area (Å²) < 4.78 is 10.2. The van der Waals surface area contributed by atoms with Crippen LogP contribution in [0.5, 0.6) is 5.75 Å². The van der Waals surface area contributed by atoms with Gasteiger partial charge in [0, 0.05) is 0 Å². The second kappa shape index (κ2) is 3.08. The number of rotatable bonds is 2. The molecule has 0 spiro atoms. The molecule has 1 fully saturated rings. The largest absolute Gasteiger partial charge is 0.508 e. The molecule has 0 amide bonds. The highest BCUT2D eigenvalue weighted by Gasteiger charge is 2.25. The summed E-state index contributed by atoms with van der Waals surface area (Å²) in [5.41, 5.74) is 1.64. The molecule has 1 atom stereocenters. The van der Waals surface area contributed by atoms with Gasteiger partial charge >= 0.3 is 0 Å². The van der Waals surface area contributed by atoms with Crippen molar-refractivity contribution in [2.24, 2.45) is 0 Å². The molecule has 2 rings (SSSR count). The molecular formula is C10H9NO2. The molecule has 3 heteroatoms. The predicted molar refractivity (Wildman–Crippen MR) is 47.9 cm³/mol. The van der Waals surface area contributed by atoms with Crippen molar-refractivity contribution in [3.8, 4) is 5.75 Å². The van der Waals surface area contributed by atoms with E-state index in [-0.39, 0.29) is 6.10 Å². The van der Waals surface area contributed by atoms with Gasteiger partial charge < -0.3 is 9.47 Å². The molecule has 1 saturated heterocycles. The highest BCUT2D eigenvalue weighted by atomic mass is 16.6. The molecule has 1 aromatic rings. The number of nitrogens with zero attached hydrogens (tertiary/aromatic N) is 1. The molecule has 0 aliphatic carbocycles. The van der Waals surface area contributed by atoms with Crippen LogP contribution in [-0.2, 0) is 4.74 Å². The minimum absolute atomic E-state index is 0.216. The van der Waals surface area contributed by atoms with E-state index < -0.39 is 0 Å². The van der Waals surface area contributed by atoms with Gasteiger partial charge in [0.05, 0.1) is 20.3 Å². The van der Waals surface area contributed by atoms with Gasteiger partial charge in [0.25, 0.3) is 0 Å². The molecule has 1 aliphatic rings. The van der Waals surface area contributed by atoms with Crippen molar-refractivity contribution in [2.45, 2.75) is 6.10 Å². The maximum atomic E-state index is 6.90. The van der Waals surface area contributed by atoms with E-state index in [1.165, 1.54) is 0 Å². The summed E-state index contributed by atoms with van der Waals surface area (Å²) in [5, 5.41) is 0.